The van der Waals surface area contributed by atoms with Crippen LogP contribution in [0.3, 0.4) is 0 Å². The van der Waals surface area contributed by atoms with Gasteiger partial charge in [0.05, 0.1) is 26.2 Å². The molecular formula is C19H22FNO3. The van der Waals surface area contributed by atoms with Crippen LogP contribution in [0, 0.1) is 5.82 Å². The summed E-state index contributed by atoms with van der Waals surface area (Å²) in [5.41, 5.74) is 1.58. The van der Waals surface area contributed by atoms with Gasteiger partial charge in [-0.15, -0.1) is 0 Å². The van der Waals surface area contributed by atoms with Crippen LogP contribution >= 0.6 is 0 Å². The molecule has 0 saturated heterocycles. The highest BCUT2D eigenvalue weighted by molar-refractivity contribution is 5.79. The Balaban J connectivity index is 1.94. The number of halogens is 1. The van der Waals surface area contributed by atoms with Gasteiger partial charge < -0.3 is 14.8 Å². The number of nitrogens with one attached hydrogen (secondary N) is 1. The summed E-state index contributed by atoms with van der Waals surface area (Å²) in [5.74, 6) is 0.332. The lowest BCUT2D eigenvalue weighted by Gasteiger charge is -2.15. The molecule has 128 valence electrons. The fraction of sp³-hybridized carbons (Fsp3) is 0.316. The first-order valence-corrected chi connectivity index (χ1v) is 7.88. The van der Waals surface area contributed by atoms with Crippen molar-refractivity contribution in [3.63, 3.8) is 0 Å². The molecule has 0 radical (unpaired) electrons. The Morgan fingerprint density at radius 1 is 1.21 bits per heavy atom. The fourth-order valence-electron chi connectivity index (χ4n) is 2.40. The average molecular weight is 331 g/mol. The number of hydrogen-bond acceptors (Lipinski definition) is 3. The van der Waals surface area contributed by atoms with E-state index in [1.54, 1.807) is 6.07 Å². The third-order valence-corrected chi connectivity index (χ3v) is 3.65. The molecule has 4 nitrogen and oxygen atoms in total. The molecule has 0 aromatic heterocycles. The molecule has 1 atom stereocenters. The maximum Gasteiger partial charge on any atom is 0.224 e. The minimum absolute atomic E-state index is 0.113. The molecule has 24 heavy (non-hydrogen) atoms. The Kier molecular flexibility index (Phi) is 6.18. The SMILES string of the molecule is CCOc1ccc(C(C)NC(=O)Cc2ccc(OC)c(F)c2)cc1. The predicted octanol–water partition coefficient (Wildman–Crippen LogP) is 3.65. The zero-order chi connectivity index (χ0) is 17.5. The van der Waals surface area contributed by atoms with E-state index >= 15 is 0 Å². The molecule has 0 saturated carbocycles. The maximum atomic E-state index is 13.7. The highest BCUT2D eigenvalue weighted by atomic mass is 19.1. The summed E-state index contributed by atoms with van der Waals surface area (Å²) in [6, 6.07) is 12.0. The standard InChI is InChI=1S/C19H22FNO3/c1-4-24-16-8-6-15(7-9-16)13(2)21-19(22)12-14-5-10-18(23-3)17(20)11-14/h5-11,13H,4,12H2,1-3H3,(H,21,22). The predicted molar refractivity (Wildman–Crippen MR) is 90.8 cm³/mol. The molecule has 0 heterocycles. The highest BCUT2D eigenvalue weighted by Gasteiger charge is 2.12. The van der Waals surface area contributed by atoms with E-state index in [9.17, 15) is 9.18 Å². The minimum atomic E-state index is -0.470. The van der Waals surface area contributed by atoms with E-state index in [4.69, 9.17) is 9.47 Å². The number of rotatable bonds is 7. The van der Waals surface area contributed by atoms with Crippen molar-refractivity contribution in [3.8, 4) is 11.5 Å². The molecule has 0 bridgehead atoms. The zero-order valence-corrected chi connectivity index (χ0v) is 14.1. The van der Waals surface area contributed by atoms with E-state index < -0.39 is 5.82 Å². The molecule has 0 aliphatic heterocycles. The molecule has 0 aliphatic carbocycles. The molecule has 0 fully saturated rings. The van der Waals surface area contributed by atoms with E-state index in [1.165, 1.54) is 19.2 Å². The van der Waals surface area contributed by atoms with Crippen molar-refractivity contribution in [1.29, 1.82) is 0 Å². The van der Waals surface area contributed by atoms with Crippen molar-refractivity contribution in [1.82, 2.24) is 5.32 Å². The van der Waals surface area contributed by atoms with Gasteiger partial charge in [-0.1, -0.05) is 18.2 Å². The number of methoxy groups -OCH3 is 1. The number of carbonyl (C=O) groups is 1. The summed E-state index contributed by atoms with van der Waals surface area (Å²) < 4.78 is 23.9. The molecule has 2 aromatic rings. The molecule has 1 N–H and O–H groups in total. The van der Waals surface area contributed by atoms with Gasteiger partial charge in [0.2, 0.25) is 5.91 Å². The van der Waals surface area contributed by atoms with E-state index in [0.717, 1.165) is 11.3 Å². The van der Waals surface area contributed by atoms with Crippen LogP contribution in [0.15, 0.2) is 42.5 Å². The smallest absolute Gasteiger partial charge is 0.224 e. The van der Waals surface area contributed by atoms with Gasteiger partial charge in [-0.05, 0) is 49.2 Å². The van der Waals surface area contributed by atoms with Crippen LogP contribution in [-0.4, -0.2) is 19.6 Å². The van der Waals surface area contributed by atoms with Crippen molar-refractivity contribution in [3.05, 3.63) is 59.4 Å². The third kappa shape index (κ3) is 4.72. The molecule has 1 amide bonds. The summed E-state index contributed by atoms with van der Waals surface area (Å²) in [6.07, 6.45) is 0.113. The van der Waals surface area contributed by atoms with Crippen molar-refractivity contribution in [2.24, 2.45) is 0 Å². The van der Waals surface area contributed by atoms with Gasteiger partial charge in [-0.2, -0.15) is 0 Å². The number of carbonyl (C=O) groups excluding carboxylic acids is 1. The second kappa shape index (κ2) is 8.34. The summed E-state index contributed by atoms with van der Waals surface area (Å²) in [6.45, 7) is 4.45. The molecule has 2 rings (SSSR count). The Morgan fingerprint density at radius 2 is 1.92 bits per heavy atom. The average Bonchev–Trinajstić information content (AvgIpc) is 2.56. The topological polar surface area (TPSA) is 47.6 Å². The second-order valence-corrected chi connectivity index (χ2v) is 5.44. The normalized spacial score (nSPS) is 11.7. The second-order valence-electron chi connectivity index (χ2n) is 5.44. The van der Waals surface area contributed by atoms with Crippen LogP contribution in [0.4, 0.5) is 4.39 Å². The lowest BCUT2D eigenvalue weighted by molar-refractivity contribution is -0.121. The summed E-state index contributed by atoms with van der Waals surface area (Å²) in [5, 5.41) is 2.91. The fourth-order valence-corrected chi connectivity index (χ4v) is 2.40. The minimum Gasteiger partial charge on any atom is -0.494 e. The van der Waals surface area contributed by atoms with Crippen LogP contribution in [0.5, 0.6) is 11.5 Å². The Labute approximate surface area is 141 Å². The molecule has 0 aliphatic rings. The summed E-state index contributed by atoms with van der Waals surface area (Å²) in [4.78, 5) is 12.1. The van der Waals surface area contributed by atoms with Gasteiger partial charge in [0.25, 0.3) is 0 Å². The quantitative estimate of drug-likeness (QED) is 0.842. The largest absolute Gasteiger partial charge is 0.494 e. The first-order chi connectivity index (χ1) is 11.5. The Hall–Kier alpha value is -2.56. The summed E-state index contributed by atoms with van der Waals surface area (Å²) >= 11 is 0. The number of benzene rings is 2. The molecule has 1 unspecified atom stereocenters. The molecule has 5 heteroatoms. The van der Waals surface area contributed by atoms with E-state index in [-0.39, 0.29) is 24.1 Å². The van der Waals surface area contributed by atoms with Crippen LogP contribution < -0.4 is 14.8 Å². The first-order valence-electron chi connectivity index (χ1n) is 7.88. The van der Waals surface area contributed by atoms with Gasteiger partial charge in [0.15, 0.2) is 11.6 Å². The maximum absolute atomic E-state index is 13.7. The monoisotopic (exact) mass is 331 g/mol. The van der Waals surface area contributed by atoms with Gasteiger partial charge >= 0.3 is 0 Å². The van der Waals surface area contributed by atoms with E-state index in [0.29, 0.717) is 12.2 Å². The zero-order valence-electron chi connectivity index (χ0n) is 14.1. The van der Waals surface area contributed by atoms with E-state index in [2.05, 4.69) is 5.32 Å². The van der Waals surface area contributed by atoms with Crippen molar-refractivity contribution < 1.29 is 18.7 Å². The van der Waals surface area contributed by atoms with Crippen LogP contribution in [0.2, 0.25) is 0 Å². The summed E-state index contributed by atoms with van der Waals surface area (Å²) in [7, 11) is 1.41. The van der Waals surface area contributed by atoms with E-state index in [1.807, 2.05) is 38.1 Å². The van der Waals surface area contributed by atoms with Crippen molar-refractivity contribution in [2.75, 3.05) is 13.7 Å². The highest BCUT2D eigenvalue weighted by Crippen LogP contribution is 2.19. The lowest BCUT2D eigenvalue weighted by Crippen LogP contribution is -2.28. The number of amides is 1. The van der Waals surface area contributed by atoms with Gasteiger partial charge in [-0.25, -0.2) is 4.39 Å². The number of ether oxygens (including phenoxy) is 2. The first kappa shape index (κ1) is 17.8. The van der Waals surface area contributed by atoms with Crippen molar-refractivity contribution >= 4 is 5.91 Å². The lowest BCUT2D eigenvalue weighted by atomic mass is 10.1. The molecular weight excluding hydrogens is 309 g/mol. The van der Waals surface area contributed by atoms with Gasteiger partial charge in [-0.3, -0.25) is 4.79 Å². The number of hydrogen-bond donors (Lipinski definition) is 1. The van der Waals surface area contributed by atoms with Gasteiger partial charge in [0, 0.05) is 0 Å². The van der Waals surface area contributed by atoms with Crippen LogP contribution in [-0.2, 0) is 11.2 Å². The van der Waals surface area contributed by atoms with Crippen LogP contribution in [0.1, 0.15) is 31.0 Å². The Morgan fingerprint density at radius 3 is 2.50 bits per heavy atom. The Bertz CT molecular complexity index is 686. The van der Waals surface area contributed by atoms with Crippen LogP contribution in [0.25, 0.3) is 0 Å². The third-order valence-electron chi connectivity index (χ3n) is 3.65. The van der Waals surface area contributed by atoms with Crippen molar-refractivity contribution in [2.45, 2.75) is 26.3 Å². The van der Waals surface area contributed by atoms with Gasteiger partial charge in [0.1, 0.15) is 5.75 Å². The molecule has 0 spiro atoms. The molecule has 2 aromatic carbocycles.